The van der Waals surface area contributed by atoms with E-state index in [0.717, 1.165) is 6.92 Å². The zero-order valence-corrected chi connectivity index (χ0v) is 13.2. The van der Waals surface area contributed by atoms with Gasteiger partial charge in [0, 0.05) is 5.97 Å². The summed E-state index contributed by atoms with van der Waals surface area (Å²) in [5.41, 5.74) is 0. The van der Waals surface area contributed by atoms with Crippen LogP contribution in [-0.2, 0) is 4.79 Å². The van der Waals surface area contributed by atoms with Gasteiger partial charge in [-0.2, -0.15) is 0 Å². The lowest BCUT2D eigenvalue weighted by molar-refractivity contribution is -0.932. The van der Waals surface area contributed by atoms with Crippen molar-refractivity contribution in [2.45, 2.75) is 72.1 Å². The first-order valence-electron chi connectivity index (χ1n) is 8.09. The molecule has 1 aliphatic heterocycles. The van der Waals surface area contributed by atoms with Crippen molar-refractivity contribution in [3.05, 3.63) is 0 Å². The number of hydrogen-bond donors (Lipinski definition) is 0. The Balaban J connectivity index is 0.000000711. The highest BCUT2D eigenvalue weighted by molar-refractivity contribution is 5.60. The molecule has 19 heavy (non-hydrogen) atoms. The lowest BCUT2D eigenvalue weighted by Crippen LogP contribution is -2.52. The number of hydrogen-bond acceptors (Lipinski definition) is 2. The van der Waals surface area contributed by atoms with E-state index in [9.17, 15) is 0 Å². The molecule has 0 bridgehead atoms. The van der Waals surface area contributed by atoms with E-state index >= 15 is 0 Å². The van der Waals surface area contributed by atoms with Gasteiger partial charge in [0.05, 0.1) is 26.2 Å². The fraction of sp³-hybridized carbons (Fsp3) is 0.938. The molecule has 0 spiro atoms. The van der Waals surface area contributed by atoms with Crippen LogP contribution in [0.3, 0.4) is 0 Å². The van der Waals surface area contributed by atoms with Crippen LogP contribution >= 0.6 is 0 Å². The van der Waals surface area contributed by atoms with Crippen LogP contribution in [0.1, 0.15) is 72.1 Å². The van der Waals surface area contributed by atoms with Crippen molar-refractivity contribution < 1.29 is 14.4 Å². The van der Waals surface area contributed by atoms with Crippen molar-refractivity contribution in [1.82, 2.24) is 0 Å². The van der Waals surface area contributed by atoms with Gasteiger partial charge in [-0.3, -0.25) is 0 Å². The van der Waals surface area contributed by atoms with Gasteiger partial charge in [0.1, 0.15) is 0 Å². The van der Waals surface area contributed by atoms with Crippen LogP contribution in [0.4, 0.5) is 0 Å². The molecule has 1 heterocycles. The highest BCUT2D eigenvalue weighted by atomic mass is 16.4. The van der Waals surface area contributed by atoms with Gasteiger partial charge >= 0.3 is 0 Å². The quantitative estimate of drug-likeness (QED) is 0.527. The van der Waals surface area contributed by atoms with E-state index in [0.29, 0.717) is 0 Å². The standard InChI is InChI=1S/C14H30N.C2H4O2/c1-3-5-8-12-15(11-6-4-2)13-9-7-10-14-15;1-2(3)4/h3-14H2,1-2H3;1H3,(H,3,4)/q+1;/p-1. The number of quaternary nitrogens is 1. The largest absolute Gasteiger partial charge is 0.550 e. The Morgan fingerprint density at radius 2 is 1.42 bits per heavy atom. The van der Waals surface area contributed by atoms with Gasteiger partial charge in [-0.25, -0.2) is 0 Å². The van der Waals surface area contributed by atoms with Crippen molar-refractivity contribution in [2.75, 3.05) is 26.2 Å². The molecule has 3 nitrogen and oxygen atoms in total. The summed E-state index contributed by atoms with van der Waals surface area (Å²) in [7, 11) is 0. The summed E-state index contributed by atoms with van der Waals surface area (Å²) in [5, 5.41) is 8.89. The topological polar surface area (TPSA) is 40.1 Å². The summed E-state index contributed by atoms with van der Waals surface area (Å²) in [6.45, 7) is 11.5. The normalized spacial score (nSPS) is 17.4. The first-order chi connectivity index (χ1) is 9.06. The SMILES string of the molecule is CC(=O)[O-].CCCCC[N+]1(CCCC)CCCCC1. The molecule has 0 atom stereocenters. The van der Waals surface area contributed by atoms with E-state index in [1.165, 1.54) is 82.0 Å². The van der Waals surface area contributed by atoms with E-state index in [1.807, 2.05) is 0 Å². The van der Waals surface area contributed by atoms with E-state index in [-0.39, 0.29) is 0 Å². The molecule has 0 aromatic rings. The van der Waals surface area contributed by atoms with Gasteiger partial charge in [0.25, 0.3) is 0 Å². The summed E-state index contributed by atoms with van der Waals surface area (Å²) >= 11 is 0. The minimum Gasteiger partial charge on any atom is -0.550 e. The zero-order chi connectivity index (χ0) is 14.6. The van der Waals surface area contributed by atoms with Gasteiger partial charge in [-0.05, 0) is 45.4 Å². The van der Waals surface area contributed by atoms with Gasteiger partial charge in [-0.15, -0.1) is 0 Å². The lowest BCUT2D eigenvalue weighted by Gasteiger charge is -2.42. The van der Waals surface area contributed by atoms with Crippen molar-refractivity contribution in [3.63, 3.8) is 0 Å². The number of nitrogens with zero attached hydrogens (tertiary/aromatic N) is 1. The van der Waals surface area contributed by atoms with Gasteiger partial charge < -0.3 is 14.4 Å². The van der Waals surface area contributed by atoms with Crippen molar-refractivity contribution in [3.8, 4) is 0 Å². The third kappa shape index (κ3) is 9.94. The smallest absolute Gasteiger partial charge is 0.0786 e. The second-order valence-corrected chi connectivity index (χ2v) is 5.85. The number of likely N-dealkylation sites (tertiary alicyclic amines) is 1. The molecule has 3 heteroatoms. The van der Waals surface area contributed by atoms with E-state index in [2.05, 4.69) is 13.8 Å². The maximum Gasteiger partial charge on any atom is 0.0786 e. The fourth-order valence-electron chi connectivity index (χ4n) is 2.93. The number of carboxylic acid groups (broad SMARTS) is 1. The number of aliphatic carboxylic acids is 1. The molecule has 0 aliphatic carbocycles. The third-order valence-corrected chi connectivity index (χ3v) is 3.99. The van der Waals surface area contributed by atoms with Crippen LogP contribution in [0, 0.1) is 0 Å². The Hall–Kier alpha value is -0.570. The molecule has 0 saturated carbocycles. The van der Waals surface area contributed by atoms with Crippen LogP contribution in [0.5, 0.6) is 0 Å². The highest BCUT2D eigenvalue weighted by Gasteiger charge is 2.28. The minimum atomic E-state index is -1.08. The number of piperidine rings is 1. The van der Waals surface area contributed by atoms with E-state index in [1.54, 1.807) is 0 Å². The highest BCUT2D eigenvalue weighted by Crippen LogP contribution is 2.21. The van der Waals surface area contributed by atoms with Gasteiger partial charge in [-0.1, -0.05) is 26.7 Å². The predicted octanol–water partition coefficient (Wildman–Crippen LogP) is 2.73. The molecule has 0 aromatic carbocycles. The molecule has 0 N–H and O–H groups in total. The summed E-state index contributed by atoms with van der Waals surface area (Å²) in [5.74, 6) is -1.08. The molecule has 0 aromatic heterocycles. The third-order valence-electron chi connectivity index (χ3n) is 3.99. The summed E-state index contributed by atoms with van der Waals surface area (Å²) in [6.07, 6.45) is 11.5. The second-order valence-electron chi connectivity index (χ2n) is 5.85. The van der Waals surface area contributed by atoms with Crippen LogP contribution in [0.2, 0.25) is 0 Å². The van der Waals surface area contributed by atoms with Crippen molar-refractivity contribution >= 4 is 5.97 Å². The molecule has 0 amide bonds. The average Bonchev–Trinajstić information content (AvgIpc) is 2.37. The Bertz CT molecular complexity index is 219. The zero-order valence-electron chi connectivity index (χ0n) is 13.2. The minimum absolute atomic E-state index is 0.972. The van der Waals surface area contributed by atoms with Gasteiger partial charge in [0.15, 0.2) is 0 Å². The Morgan fingerprint density at radius 3 is 1.89 bits per heavy atom. The average molecular weight is 271 g/mol. The molecule has 1 rings (SSSR count). The molecular weight excluding hydrogens is 238 g/mol. The van der Waals surface area contributed by atoms with Crippen LogP contribution < -0.4 is 5.11 Å². The molecule has 0 unspecified atom stereocenters. The molecular formula is C16H33NO2. The Morgan fingerprint density at radius 1 is 0.947 bits per heavy atom. The lowest BCUT2D eigenvalue weighted by atomic mass is 10.0. The summed E-state index contributed by atoms with van der Waals surface area (Å²) in [4.78, 5) is 8.89. The molecule has 114 valence electrons. The van der Waals surface area contributed by atoms with Gasteiger partial charge in [0.2, 0.25) is 0 Å². The molecule has 0 radical (unpaired) electrons. The van der Waals surface area contributed by atoms with Crippen LogP contribution in [-0.4, -0.2) is 36.6 Å². The second kappa shape index (κ2) is 11.3. The van der Waals surface area contributed by atoms with Crippen molar-refractivity contribution in [1.29, 1.82) is 0 Å². The van der Waals surface area contributed by atoms with Crippen LogP contribution in [0.15, 0.2) is 0 Å². The number of unbranched alkanes of at least 4 members (excludes halogenated alkanes) is 3. The number of rotatable bonds is 7. The molecule has 1 fully saturated rings. The Labute approximate surface area is 119 Å². The first-order valence-corrected chi connectivity index (χ1v) is 8.09. The van der Waals surface area contributed by atoms with E-state index in [4.69, 9.17) is 9.90 Å². The maximum absolute atomic E-state index is 8.89. The maximum atomic E-state index is 8.89. The molecule has 1 aliphatic rings. The predicted molar refractivity (Wildman–Crippen MR) is 78.7 cm³/mol. The Kier molecular flexibility index (Phi) is 10.9. The fourth-order valence-corrected chi connectivity index (χ4v) is 2.93. The van der Waals surface area contributed by atoms with E-state index < -0.39 is 5.97 Å². The summed E-state index contributed by atoms with van der Waals surface area (Å²) in [6, 6.07) is 0. The monoisotopic (exact) mass is 271 g/mol. The first kappa shape index (κ1) is 18.4. The number of carbonyl (C=O) groups excluding carboxylic acids is 1. The van der Waals surface area contributed by atoms with Crippen molar-refractivity contribution in [2.24, 2.45) is 0 Å². The van der Waals surface area contributed by atoms with Crippen LogP contribution in [0.25, 0.3) is 0 Å². The number of carbonyl (C=O) groups is 1. The molecule has 1 saturated heterocycles. The number of carboxylic acids is 1. The summed E-state index contributed by atoms with van der Waals surface area (Å²) < 4.78 is 1.47.